The van der Waals surface area contributed by atoms with Crippen LogP contribution in [-0.2, 0) is 6.54 Å². The van der Waals surface area contributed by atoms with Gasteiger partial charge >= 0.3 is 0 Å². The number of hydrogen-bond donors (Lipinski definition) is 4. The number of fused-ring (bicyclic) bond motifs is 2. The Morgan fingerprint density at radius 2 is 1.94 bits per heavy atom. The summed E-state index contributed by atoms with van der Waals surface area (Å²) in [4.78, 5) is 9.78. The summed E-state index contributed by atoms with van der Waals surface area (Å²) < 4.78 is 4.16. The summed E-state index contributed by atoms with van der Waals surface area (Å²) in [5, 5.41) is 25.3. The van der Waals surface area contributed by atoms with E-state index in [1.807, 2.05) is 16.8 Å². The first-order valence-electron chi connectivity index (χ1n) is 12.9. The van der Waals surface area contributed by atoms with Crippen molar-refractivity contribution in [3.63, 3.8) is 0 Å². The van der Waals surface area contributed by atoms with E-state index in [2.05, 4.69) is 49.8 Å². The number of nitrogens with zero attached hydrogens (tertiary/aromatic N) is 5. The number of rotatable bonds is 8. The number of β-amino-alcohol motifs (C(OH)–C–C–N with tert-alkyl or cyclic N) is 1. The van der Waals surface area contributed by atoms with Crippen LogP contribution in [0.15, 0.2) is 36.7 Å². The normalized spacial score (nSPS) is 22.7. The number of pyridine rings is 1. The fraction of sp³-hybridized carbons (Fsp3) is 0.500. The monoisotopic (exact) mass is 472 g/mol. The zero-order chi connectivity index (χ0) is 23.4. The Morgan fingerprint density at radius 3 is 2.77 bits per heavy atom. The second kappa shape index (κ2) is 8.49. The average Bonchev–Trinajstić information content (AvgIpc) is 3.81. The first-order chi connectivity index (χ1) is 17.2. The molecule has 9 nitrogen and oxygen atoms in total. The molecule has 4 aromatic heterocycles. The van der Waals surface area contributed by atoms with Gasteiger partial charge in [0.05, 0.1) is 24.5 Å². The molecule has 35 heavy (non-hydrogen) atoms. The minimum Gasteiger partial charge on any atom is -0.391 e. The average molecular weight is 473 g/mol. The number of hydrogen-bond acceptors (Lipinski definition) is 7. The van der Waals surface area contributed by atoms with Gasteiger partial charge in [0, 0.05) is 42.5 Å². The van der Waals surface area contributed by atoms with Crippen molar-refractivity contribution in [1.82, 2.24) is 29.3 Å². The molecular weight excluding hydrogens is 440 g/mol. The third kappa shape index (κ3) is 4.12. The minimum absolute atomic E-state index is 0.220. The van der Waals surface area contributed by atoms with E-state index in [1.165, 1.54) is 36.9 Å². The van der Waals surface area contributed by atoms with Crippen molar-refractivity contribution >= 4 is 22.9 Å². The Morgan fingerprint density at radius 1 is 1.06 bits per heavy atom. The van der Waals surface area contributed by atoms with Gasteiger partial charge in [-0.1, -0.05) is 6.07 Å². The van der Waals surface area contributed by atoms with Crippen LogP contribution in [0.2, 0.25) is 0 Å². The maximum atomic E-state index is 10.3. The third-order valence-electron chi connectivity index (χ3n) is 7.67. The molecule has 1 aliphatic heterocycles. The minimum atomic E-state index is -0.329. The highest BCUT2D eigenvalue weighted by atomic mass is 16.3. The summed E-state index contributed by atoms with van der Waals surface area (Å²) >= 11 is 0. The van der Waals surface area contributed by atoms with Crippen molar-refractivity contribution in [3.8, 4) is 0 Å². The summed E-state index contributed by atoms with van der Waals surface area (Å²) in [6.07, 6.45) is 9.70. The largest absolute Gasteiger partial charge is 0.391 e. The van der Waals surface area contributed by atoms with Gasteiger partial charge in [-0.2, -0.15) is 9.61 Å². The van der Waals surface area contributed by atoms with Gasteiger partial charge < -0.3 is 25.5 Å². The third-order valence-corrected chi connectivity index (χ3v) is 7.67. The number of piperidine rings is 1. The van der Waals surface area contributed by atoms with Crippen LogP contribution in [0, 0.1) is 5.92 Å². The fourth-order valence-corrected chi connectivity index (χ4v) is 5.31. The number of aliphatic hydroxyl groups excluding tert-OH is 1. The van der Waals surface area contributed by atoms with E-state index in [-0.39, 0.29) is 12.0 Å². The molecule has 0 unspecified atom stereocenters. The first kappa shape index (κ1) is 21.1. The van der Waals surface area contributed by atoms with Gasteiger partial charge in [-0.25, -0.2) is 9.97 Å². The molecule has 0 bridgehead atoms. The summed E-state index contributed by atoms with van der Waals surface area (Å²) in [7, 11) is 0. The molecular formula is C26H32N8O. The molecule has 2 saturated carbocycles. The Hall–Kier alpha value is -3.17. The molecule has 0 amide bonds. The fourth-order valence-electron chi connectivity index (χ4n) is 5.31. The number of imidazole rings is 1. The van der Waals surface area contributed by atoms with E-state index >= 15 is 0 Å². The number of aliphatic hydroxyl groups is 1. The van der Waals surface area contributed by atoms with Crippen molar-refractivity contribution in [2.45, 2.75) is 56.6 Å². The Kier molecular flexibility index (Phi) is 5.13. The Bertz CT molecular complexity index is 1370. The number of anilines is 2. The van der Waals surface area contributed by atoms with Crippen molar-refractivity contribution in [3.05, 3.63) is 53.6 Å². The first-order valence-corrected chi connectivity index (χ1v) is 12.9. The molecule has 2 aliphatic carbocycles. The molecule has 3 fully saturated rings. The Balaban J connectivity index is 1.16. The van der Waals surface area contributed by atoms with Gasteiger partial charge in [-0.05, 0) is 62.6 Å². The van der Waals surface area contributed by atoms with Crippen LogP contribution in [0.1, 0.15) is 60.9 Å². The molecule has 1 saturated heterocycles. The number of nitrogens with one attached hydrogen (secondary N) is 3. The van der Waals surface area contributed by atoms with Crippen molar-refractivity contribution in [2.75, 3.05) is 30.3 Å². The molecule has 4 N–H and O–H groups in total. The lowest BCUT2D eigenvalue weighted by Gasteiger charge is -2.28. The van der Waals surface area contributed by atoms with E-state index in [4.69, 9.17) is 9.97 Å². The van der Waals surface area contributed by atoms with Crippen LogP contribution in [0.5, 0.6) is 0 Å². The van der Waals surface area contributed by atoms with Crippen molar-refractivity contribution < 1.29 is 5.11 Å². The predicted octanol–water partition coefficient (Wildman–Crippen LogP) is 3.13. The molecule has 0 radical (unpaired) electrons. The molecule has 7 rings (SSSR count). The standard InChI is InChI=1S/C26H32N8O/c35-22-14-27-9-8-18(22)11-28-23-10-25(34-26(32-23)20(13-30-34)16-4-5-16)29-12-19-15-33-21(17-6-7-17)2-1-3-24(33)31-19/h1-3,10,13,15-18,22,27,29,35H,4-9,11-12,14H2,(H,28,32)/t18-,22+/m1/s1. The molecule has 4 aromatic rings. The lowest BCUT2D eigenvalue weighted by Crippen LogP contribution is -2.43. The number of aromatic nitrogens is 5. The SMILES string of the molecule is O[C@H]1CNCC[C@@H]1CNc1cc(NCc2cn3c(C4CC4)cccc3n2)n2ncc(C3CC3)c2n1. The van der Waals surface area contributed by atoms with Crippen LogP contribution in [0.4, 0.5) is 11.6 Å². The van der Waals surface area contributed by atoms with Gasteiger partial charge in [0.2, 0.25) is 0 Å². The van der Waals surface area contributed by atoms with Crippen LogP contribution in [0.25, 0.3) is 11.3 Å². The smallest absolute Gasteiger partial charge is 0.163 e. The van der Waals surface area contributed by atoms with E-state index in [0.717, 1.165) is 41.6 Å². The van der Waals surface area contributed by atoms with Gasteiger partial charge in [-0.3, -0.25) is 0 Å². The van der Waals surface area contributed by atoms with E-state index in [9.17, 15) is 5.11 Å². The highest BCUT2D eigenvalue weighted by Crippen LogP contribution is 2.42. The summed E-state index contributed by atoms with van der Waals surface area (Å²) in [5.41, 5.74) is 5.51. The quantitative estimate of drug-likeness (QED) is 0.312. The van der Waals surface area contributed by atoms with E-state index in [1.54, 1.807) is 0 Å². The summed E-state index contributed by atoms with van der Waals surface area (Å²) in [6.45, 7) is 2.91. The second-order valence-corrected chi connectivity index (χ2v) is 10.4. The van der Waals surface area contributed by atoms with Gasteiger partial charge in [0.15, 0.2) is 5.65 Å². The van der Waals surface area contributed by atoms with Crippen LogP contribution >= 0.6 is 0 Å². The molecule has 0 spiro atoms. The van der Waals surface area contributed by atoms with Crippen molar-refractivity contribution in [2.24, 2.45) is 5.92 Å². The molecule has 0 aromatic carbocycles. The zero-order valence-corrected chi connectivity index (χ0v) is 19.8. The topological polar surface area (TPSA) is 104 Å². The molecule has 2 atom stereocenters. The lowest BCUT2D eigenvalue weighted by molar-refractivity contribution is 0.0883. The maximum absolute atomic E-state index is 10.3. The lowest BCUT2D eigenvalue weighted by atomic mass is 9.95. The van der Waals surface area contributed by atoms with E-state index in [0.29, 0.717) is 31.5 Å². The molecule has 5 heterocycles. The van der Waals surface area contributed by atoms with E-state index < -0.39 is 0 Å². The van der Waals surface area contributed by atoms with Gasteiger partial charge in [-0.15, -0.1) is 0 Å². The summed E-state index contributed by atoms with van der Waals surface area (Å²) in [6, 6.07) is 8.43. The predicted molar refractivity (Wildman–Crippen MR) is 135 cm³/mol. The van der Waals surface area contributed by atoms with Gasteiger partial charge in [0.1, 0.15) is 17.3 Å². The zero-order valence-electron chi connectivity index (χ0n) is 19.8. The highest BCUT2D eigenvalue weighted by Gasteiger charge is 2.29. The molecule has 182 valence electrons. The summed E-state index contributed by atoms with van der Waals surface area (Å²) in [5.74, 6) is 3.17. The highest BCUT2D eigenvalue weighted by molar-refractivity contribution is 5.61. The van der Waals surface area contributed by atoms with Crippen LogP contribution < -0.4 is 16.0 Å². The van der Waals surface area contributed by atoms with Gasteiger partial charge in [0.25, 0.3) is 0 Å². The molecule has 9 heteroatoms. The Labute approximate surface area is 204 Å². The molecule has 3 aliphatic rings. The van der Waals surface area contributed by atoms with Crippen LogP contribution in [0.3, 0.4) is 0 Å². The second-order valence-electron chi connectivity index (χ2n) is 10.4. The van der Waals surface area contributed by atoms with Crippen molar-refractivity contribution in [1.29, 1.82) is 0 Å². The maximum Gasteiger partial charge on any atom is 0.163 e. The van der Waals surface area contributed by atoms with Crippen LogP contribution in [-0.4, -0.2) is 54.8 Å².